The number of carbonyl (C=O) groups excluding carboxylic acids is 3. The van der Waals surface area contributed by atoms with Crippen molar-refractivity contribution in [3.8, 4) is 0 Å². The van der Waals surface area contributed by atoms with Gasteiger partial charge in [0, 0.05) is 29.8 Å². The minimum Gasteiger partial charge on any atom is -0.355 e. The fourth-order valence-corrected chi connectivity index (χ4v) is 2.57. The third-order valence-corrected chi connectivity index (χ3v) is 3.97. The van der Waals surface area contributed by atoms with Gasteiger partial charge in [0.1, 0.15) is 0 Å². The van der Waals surface area contributed by atoms with E-state index in [0.29, 0.717) is 21.8 Å². The van der Waals surface area contributed by atoms with Crippen LogP contribution in [0.5, 0.6) is 0 Å². The molecule has 0 heterocycles. The van der Waals surface area contributed by atoms with Crippen molar-refractivity contribution < 1.29 is 14.4 Å². The summed E-state index contributed by atoms with van der Waals surface area (Å²) in [7, 11) is 1.56. The maximum Gasteiger partial charge on any atom is 0.253 e. The van der Waals surface area contributed by atoms with Crippen LogP contribution in [0.3, 0.4) is 0 Å². The SMILES string of the molecule is CNC(=O)c1ccc(/C=C/C(=O)Nc2cc(Cl)ccc2C(=O)NC(C)C)cc1. The van der Waals surface area contributed by atoms with Crippen LogP contribution < -0.4 is 16.0 Å². The second kappa shape index (κ2) is 9.71. The Morgan fingerprint density at radius 1 is 1.00 bits per heavy atom. The topological polar surface area (TPSA) is 87.3 Å². The first kappa shape index (κ1) is 21.2. The van der Waals surface area contributed by atoms with Crippen LogP contribution in [-0.2, 0) is 4.79 Å². The van der Waals surface area contributed by atoms with Crippen molar-refractivity contribution in [2.24, 2.45) is 0 Å². The molecule has 0 aliphatic rings. The molecule has 0 saturated heterocycles. The fraction of sp³-hybridized carbons (Fsp3) is 0.190. The quantitative estimate of drug-likeness (QED) is 0.650. The first-order valence-corrected chi connectivity index (χ1v) is 9.09. The summed E-state index contributed by atoms with van der Waals surface area (Å²) in [6.07, 6.45) is 2.96. The van der Waals surface area contributed by atoms with E-state index in [1.54, 1.807) is 49.5 Å². The van der Waals surface area contributed by atoms with E-state index in [9.17, 15) is 14.4 Å². The first-order valence-electron chi connectivity index (χ1n) is 8.71. The summed E-state index contributed by atoms with van der Waals surface area (Å²) in [5.41, 5.74) is 1.94. The molecule has 0 aromatic heterocycles. The van der Waals surface area contributed by atoms with E-state index >= 15 is 0 Å². The molecular weight excluding hydrogens is 378 g/mol. The third kappa shape index (κ3) is 5.96. The Morgan fingerprint density at radius 2 is 1.68 bits per heavy atom. The van der Waals surface area contributed by atoms with E-state index in [4.69, 9.17) is 11.6 Å². The van der Waals surface area contributed by atoms with Gasteiger partial charge in [-0.2, -0.15) is 0 Å². The van der Waals surface area contributed by atoms with Crippen LogP contribution in [0.4, 0.5) is 5.69 Å². The van der Waals surface area contributed by atoms with E-state index in [1.165, 1.54) is 12.1 Å². The molecule has 2 aromatic rings. The predicted octanol–water partition coefficient (Wildman–Crippen LogP) is 3.49. The predicted molar refractivity (Wildman–Crippen MR) is 112 cm³/mol. The molecule has 7 heteroatoms. The minimum atomic E-state index is -0.406. The number of carbonyl (C=O) groups is 3. The number of anilines is 1. The van der Waals surface area contributed by atoms with Crippen molar-refractivity contribution in [2.45, 2.75) is 19.9 Å². The van der Waals surface area contributed by atoms with Crippen LogP contribution in [0.2, 0.25) is 5.02 Å². The molecule has 3 N–H and O–H groups in total. The van der Waals surface area contributed by atoms with E-state index < -0.39 is 5.91 Å². The molecule has 2 aromatic carbocycles. The van der Waals surface area contributed by atoms with Gasteiger partial charge in [0.25, 0.3) is 11.8 Å². The van der Waals surface area contributed by atoms with Gasteiger partial charge in [0.2, 0.25) is 5.91 Å². The zero-order chi connectivity index (χ0) is 20.7. The summed E-state index contributed by atoms with van der Waals surface area (Å²) in [4.78, 5) is 36.1. The fourth-order valence-electron chi connectivity index (χ4n) is 2.39. The molecule has 0 atom stereocenters. The van der Waals surface area contributed by atoms with Crippen molar-refractivity contribution in [2.75, 3.05) is 12.4 Å². The molecule has 0 fully saturated rings. The summed E-state index contributed by atoms with van der Waals surface area (Å²) < 4.78 is 0. The Balaban J connectivity index is 2.12. The number of rotatable bonds is 6. The smallest absolute Gasteiger partial charge is 0.253 e. The lowest BCUT2D eigenvalue weighted by Gasteiger charge is -2.13. The molecule has 0 bridgehead atoms. The largest absolute Gasteiger partial charge is 0.355 e. The van der Waals surface area contributed by atoms with E-state index in [2.05, 4.69) is 16.0 Å². The summed E-state index contributed by atoms with van der Waals surface area (Å²) >= 11 is 6.00. The molecule has 0 saturated carbocycles. The van der Waals surface area contributed by atoms with Gasteiger partial charge >= 0.3 is 0 Å². The third-order valence-electron chi connectivity index (χ3n) is 3.73. The summed E-state index contributed by atoms with van der Waals surface area (Å²) in [5, 5.41) is 8.42. The van der Waals surface area contributed by atoms with Crippen molar-refractivity contribution in [1.29, 1.82) is 0 Å². The van der Waals surface area contributed by atoms with Crippen molar-refractivity contribution >= 4 is 41.1 Å². The zero-order valence-corrected chi connectivity index (χ0v) is 16.6. The summed E-state index contributed by atoms with van der Waals surface area (Å²) in [6, 6.07) is 11.5. The highest BCUT2D eigenvalue weighted by Crippen LogP contribution is 2.21. The van der Waals surface area contributed by atoms with Crippen LogP contribution in [0, 0.1) is 0 Å². The van der Waals surface area contributed by atoms with Gasteiger partial charge in [-0.05, 0) is 55.8 Å². The highest BCUT2D eigenvalue weighted by Gasteiger charge is 2.14. The Hall–Kier alpha value is -3.12. The number of hydrogen-bond donors (Lipinski definition) is 3. The number of nitrogens with one attached hydrogen (secondary N) is 3. The summed E-state index contributed by atoms with van der Waals surface area (Å²) in [5.74, 6) is -0.881. The molecule has 146 valence electrons. The average Bonchev–Trinajstić information content (AvgIpc) is 2.65. The Labute approximate surface area is 169 Å². The second-order valence-corrected chi connectivity index (χ2v) is 6.78. The lowest BCUT2D eigenvalue weighted by atomic mass is 10.1. The van der Waals surface area contributed by atoms with Crippen molar-refractivity contribution in [3.63, 3.8) is 0 Å². The lowest BCUT2D eigenvalue weighted by molar-refractivity contribution is -0.111. The van der Waals surface area contributed by atoms with Crippen molar-refractivity contribution in [3.05, 3.63) is 70.3 Å². The number of amides is 3. The zero-order valence-electron chi connectivity index (χ0n) is 15.9. The summed E-state index contributed by atoms with van der Waals surface area (Å²) in [6.45, 7) is 3.70. The van der Waals surface area contributed by atoms with E-state index in [-0.39, 0.29) is 17.9 Å². The van der Waals surface area contributed by atoms with E-state index in [0.717, 1.165) is 5.56 Å². The molecule has 0 spiro atoms. The molecule has 0 unspecified atom stereocenters. The minimum absolute atomic E-state index is 0.0376. The van der Waals surface area contributed by atoms with Gasteiger partial charge in [0.15, 0.2) is 0 Å². The van der Waals surface area contributed by atoms with Gasteiger partial charge in [0.05, 0.1) is 11.3 Å². The van der Waals surface area contributed by atoms with E-state index in [1.807, 2.05) is 13.8 Å². The molecule has 3 amide bonds. The van der Waals surface area contributed by atoms with Gasteiger partial charge in [-0.25, -0.2) is 0 Å². The monoisotopic (exact) mass is 399 g/mol. The van der Waals surface area contributed by atoms with Gasteiger partial charge in [-0.1, -0.05) is 23.7 Å². The van der Waals surface area contributed by atoms with Crippen LogP contribution in [0.1, 0.15) is 40.1 Å². The molecule has 0 radical (unpaired) electrons. The lowest BCUT2D eigenvalue weighted by Crippen LogP contribution is -2.31. The normalized spacial score (nSPS) is 10.8. The number of benzene rings is 2. The standard InChI is InChI=1S/C21H22ClN3O3/c1-13(2)24-21(28)17-10-9-16(22)12-18(17)25-19(26)11-6-14-4-7-15(8-5-14)20(27)23-3/h4-13H,1-3H3,(H,23,27)(H,24,28)(H,25,26)/b11-6+. The Morgan fingerprint density at radius 3 is 2.29 bits per heavy atom. The molecule has 0 aliphatic heterocycles. The first-order chi connectivity index (χ1) is 13.3. The highest BCUT2D eigenvalue weighted by molar-refractivity contribution is 6.31. The molecule has 6 nitrogen and oxygen atoms in total. The number of halogens is 1. The van der Waals surface area contributed by atoms with Gasteiger partial charge < -0.3 is 16.0 Å². The second-order valence-electron chi connectivity index (χ2n) is 6.34. The Kier molecular flexibility index (Phi) is 7.35. The average molecular weight is 400 g/mol. The van der Waals surface area contributed by atoms with Crippen LogP contribution >= 0.6 is 11.6 Å². The van der Waals surface area contributed by atoms with Gasteiger partial charge in [-0.15, -0.1) is 0 Å². The molecule has 2 rings (SSSR count). The van der Waals surface area contributed by atoms with Crippen molar-refractivity contribution in [1.82, 2.24) is 10.6 Å². The highest BCUT2D eigenvalue weighted by atomic mass is 35.5. The van der Waals surface area contributed by atoms with Crippen LogP contribution in [-0.4, -0.2) is 30.8 Å². The van der Waals surface area contributed by atoms with Gasteiger partial charge in [-0.3, -0.25) is 14.4 Å². The maximum absolute atomic E-state index is 12.3. The molecule has 28 heavy (non-hydrogen) atoms. The number of hydrogen-bond acceptors (Lipinski definition) is 3. The molecular formula is C21H22ClN3O3. The van der Waals surface area contributed by atoms with Crippen LogP contribution in [0.25, 0.3) is 6.08 Å². The maximum atomic E-state index is 12.3. The molecule has 0 aliphatic carbocycles. The Bertz CT molecular complexity index is 906. The van der Waals surface area contributed by atoms with Crippen LogP contribution in [0.15, 0.2) is 48.5 Å².